The van der Waals surface area contributed by atoms with Gasteiger partial charge in [-0.3, -0.25) is 9.59 Å². The first-order valence-electron chi connectivity index (χ1n) is 9.57. The number of ether oxygens (including phenoxy) is 2. The molecule has 0 bridgehead atoms. The first-order chi connectivity index (χ1) is 13.4. The minimum atomic E-state index is -3.49. The van der Waals surface area contributed by atoms with Crippen molar-refractivity contribution in [3.05, 3.63) is 33.7 Å². The van der Waals surface area contributed by atoms with Crippen LogP contribution < -0.4 is 4.74 Å². The van der Waals surface area contributed by atoms with Gasteiger partial charge in [-0.15, -0.1) is 0 Å². The smallest absolute Gasteiger partial charge is 0.321 e. The Morgan fingerprint density at radius 3 is 2.55 bits per heavy atom. The Morgan fingerprint density at radius 1 is 1.34 bits per heavy atom. The monoisotopic (exact) mass is 421 g/mol. The molecule has 0 aromatic heterocycles. The Hall–Kier alpha value is -2.19. The van der Waals surface area contributed by atoms with E-state index in [0.717, 1.165) is 0 Å². The van der Waals surface area contributed by atoms with Crippen LogP contribution >= 0.6 is 0 Å². The zero-order chi connectivity index (χ0) is 21.8. The topological polar surface area (TPSA) is 90.0 Å². The van der Waals surface area contributed by atoms with E-state index in [1.54, 1.807) is 52.8 Å². The molecule has 1 aromatic carbocycles. The van der Waals surface area contributed by atoms with Gasteiger partial charge < -0.3 is 9.47 Å². The highest BCUT2D eigenvalue weighted by atomic mass is 32.2. The number of nitrogens with zero attached hydrogens (tertiary/aromatic N) is 1. The summed E-state index contributed by atoms with van der Waals surface area (Å²) in [6.07, 6.45) is 2.04. The summed E-state index contributed by atoms with van der Waals surface area (Å²) in [5.74, 6) is -0.539. The highest BCUT2D eigenvalue weighted by molar-refractivity contribution is 7.93. The molecule has 0 atom stereocenters. The summed E-state index contributed by atoms with van der Waals surface area (Å²) in [6, 6.07) is 3.48. The Kier molecular flexibility index (Phi) is 5.16. The van der Waals surface area contributed by atoms with E-state index in [9.17, 15) is 18.0 Å². The zero-order valence-electron chi connectivity index (χ0n) is 17.7. The third-order valence-corrected chi connectivity index (χ3v) is 7.92. The van der Waals surface area contributed by atoms with E-state index in [4.69, 9.17) is 9.47 Å². The number of carbonyl (C=O) groups excluding carboxylic acids is 2. The van der Waals surface area contributed by atoms with Gasteiger partial charge in [-0.25, -0.2) is 8.42 Å². The average Bonchev–Trinajstić information content (AvgIpc) is 3.06. The van der Waals surface area contributed by atoms with Gasteiger partial charge in [0, 0.05) is 24.2 Å². The number of hydrogen-bond donors (Lipinski definition) is 0. The van der Waals surface area contributed by atoms with Crippen molar-refractivity contribution in [2.75, 3.05) is 20.2 Å². The van der Waals surface area contributed by atoms with Crippen LogP contribution in [0.25, 0.3) is 6.08 Å². The molecule has 1 aromatic rings. The van der Waals surface area contributed by atoms with Crippen LogP contribution in [0.1, 0.15) is 57.7 Å². The summed E-state index contributed by atoms with van der Waals surface area (Å²) in [5, 5.41) is 0. The minimum Gasteiger partial charge on any atom is -0.468 e. The molecule has 158 valence electrons. The SMILES string of the molecule is CCN1CCC(=Cc2cc(C(C)(C)C(=O)OC)c3c(c2)C(C)(C)C(=O)O3)S1(=O)=O. The van der Waals surface area contributed by atoms with Gasteiger partial charge in [0.15, 0.2) is 0 Å². The van der Waals surface area contributed by atoms with Crippen molar-refractivity contribution >= 4 is 28.0 Å². The van der Waals surface area contributed by atoms with Crippen LogP contribution in [-0.2, 0) is 35.2 Å². The van der Waals surface area contributed by atoms with E-state index in [-0.39, 0.29) is 0 Å². The van der Waals surface area contributed by atoms with Gasteiger partial charge in [-0.2, -0.15) is 4.31 Å². The van der Waals surface area contributed by atoms with Gasteiger partial charge in [-0.05, 0) is 57.9 Å². The lowest BCUT2D eigenvalue weighted by Gasteiger charge is -2.25. The molecule has 2 aliphatic heterocycles. The highest BCUT2D eigenvalue weighted by Crippen LogP contribution is 2.47. The number of fused-ring (bicyclic) bond motifs is 1. The molecule has 0 amide bonds. The second kappa shape index (κ2) is 6.95. The molecular weight excluding hydrogens is 394 g/mol. The van der Waals surface area contributed by atoms with Gasteiger partial charge in [0.05, 0.1) is 22.8 Å². The van der Waals surface area contributed by atoms with Crippen molar-refractivity contribution in [1.82, 2.24) is 4.31 Å². The van der Waals surface area contributed by atoms with Crippen molar-refractivity contribution < 1.29 is 27.5 Å². The zero-order valence-corrected chi connectivity index (χ0v) is 18.5. The molecule has 0 radical (unpaired) electrons. The minimum absolute atomic E-state index is 0.323. The van der Waals surface area contributed by atoms with Crippen molar-refractivity contribution in [3.63, 3.8) is 0 Å². The summed E-state index contributed by atoms with van der Waals surface area (Å²) >= 11 is 0. The highest BCUT2D eigenvalue weighted by Gasteiger charge is 2.46. The molecule has 0 saturated carbocycles. The van der Waals surface area contributed by atoms with Crippen LogP contribution in [-0.4, -0.2) is 44.9 Å². The summed E-state index contributed by atoms with van der Waals surface area (Å²) in [5.41, 5.74) is -0.257. The predicted octanol–water partition coefficient (Wildman–Crippen LogP) is 2.73. The Balaban J connectivity index is 2.23. The number of esters is 2. The van der Waals surface area contributed by atoms with Crippen LogP contribution in [0.5, 0.6) is 5.75 Å². The fourth-order valence-corrected chi connectivity index (χ4v) is 5.42. The number of hydrogen-bond acceptors (Lipinski definition) is 6. The van der Waals surface area contributed by atoms with E-state index >= 15 is 0 Å². The summed E-state index contributed by atoms with van der Waals surface area (Å²) in [6.45, 7) is 9.54. The van der Waals surface area contributed by atoms with Crippen molar-refractivity contribution in [3.8, 4) is 5.75 Å². The van der Waals surface area contributed by atoms with Crippen LogP contribution in [0.15, 0.2) is 17.0 Å². The maximum atomic E-state index is 12.7. The van der Waals surface area contributed by atoms with Crippen molar-refractivity contribution in [2.45, 2.75) is 51.9 Å². The molecule has 1 fully saturated rings. The molecule has 0 unspecified atom stereocenters. The maximum Gasteiger partial charge on any atom is 0.321 e. The lowest BCUT2D eigenvalue weighted by atomic mass is 9.78. The molecule has 29 heavy (non-hydrogen) atoms. The number of methoxy groups -OCH3 is 1. The fraction of sp³-hybridized carbons (Fsp3) is 0.524. The molecule has 0 spiro atoms. The van der Waals surface area contributed by atoms with Gasteiger partial charge in [0.1, 0.15) is 5.75 Å². The Bertz CT molecular complexity index is 1020. The quantitative estimate of drug-likeness (QED) is 0.549. The summed E-state index contributed by atoms with van der Waals surface area (Å²) < 4.78 is 37.3. The predicted molar refractivity (Wildman–Crippen MR) is 109 cm³/mol. The van der Waals surface area contributed by atoms with Crippen LogP contribution in [0.3, 0.4) is 0 Å². The summed E-state index contributed by atoms with van der Waals surface area (Å²) in [4.78, 5) is 25.2. The molecular formula is C21H27NO6S. The first-order valence-corrected chi connectivity index (χ1v) is 11.0. The third-order valence-electron chi connectivity index (χ3n) is 5.82. The largest absolute Gasteiger partial charge is 0.468 e. The molecule has 8 heteroatoms. The van der Waals surface area contributed by atoms with E-state index in [0.29, 0.717) is 46.9 Å². The molecule has 2 aliphatic rings. The van der Waals surface area contributed by atoms with E-state index in [1.165, 1.54) is 11.4 Å². The number of sulfonamides is 1. The van der Waals surface area contributed by atoms with Gasteiger partial charge in [-0.1, -0.05) is 6.92 Å². The Labute approximate surface area is 171 Å². The van der Waals surface area contributed by atoms with Gasteiger partial charge in [0.2, 0.25) is 10.0 Å². The van der Waals surface area contributed by atoms with E-state index < -0.39 is 32.8 Å². The van der Waals surface area contributed by atoms with Crippen molar-refractivity contribution in [2.24, 2.45) is 0 Å². The van der Waals surface area contributed by atoms with Crippen LogP contribution in [0.2, 0.25) is 0 Å². The lowest BCUT2D eigenvalue weighted by molar-refractivity contribution is -0.146. The molecule has 0 aliphatic carbocycles. The van der Waals surface area contributed by atoms with Gasteiger partial charge >= 0.3 is 11.9 Å². The molecule has 7 nitrogen and oxygen atoms in total. The van der Waals surface area contributed by atoms with E-state index in [1.807, 2.05) is 0 Å². The number of rotatable bonds is 4. The maximum absolute atomic E-state index is 12.7. The number of benzene rings is 1. The Morgan fingerprint density at radius 2 is 2.00 bits per heavy atom. The second-order valence-corrected chi connectivity index (χ2v) is 10.4. The molecule has 2 heterocycles. The standard InChI is InChI=1S/C21H27NO6S/c1-7-22-9-8-14(29(22,25)26)10-13-11-15(20(2,3)18(23)27-6)17-16(12-13)21(4,5)19(24)28-17/h10-12H,7-9H2,1-6H3. The van der Waals surface area contributed by atoms with Crippen molar-refractivity contribution in [1.29, 1.82) is 0 Å². The average molecular weight is 422 g/mol. The van der Waals surface area contributed by atoms with Gasteiger partial charge in [0.25, 0.3) is 0 Å². The summed E-state index contributed by atoms with van der Waals surface area (Å²) in [7, 11) is -2.19. The van der Waals surface area contributed by atoms with Crippen LogP contribution in [0, 0.1) is 0 Å². The normalized spacial score (nSPS) is 21.9. The molecule has 3 rings (SSSR count). The van der Waals surface area contributed by atoms with E-state index in [2.05, 4.69) is 0 Å². The molecule has 0 N–H and O–H groups in total. The number of carbonyl (C=O) groups is 2. The first kappa shape index (κ1) is 21.5. The third kappa shape index (κ3) is 3.28. The second-order valence-electron chi connectivity index (χ2n) is 8.43. The molecule has 1 saturated heterocycles. The van der Waals surface area contributed by atoms with Crippen LogP contribution in [0.4, 0.5) is 0 Å². The lowest BCUT2D eigenvalue weighted by Crippen LogP contribution is -2.30. The fourth-order valence-electron chi connectivity index (χ4n) is 3.78.